The number of carbonyl (C=O) groups is 2. The number of ether oxygens (including phenoxy) is 2. The van der Waals surface area contributed by atoms with Crippen LogP contribution in [0.15, 0.2) is 42.5 Å². The lowest BCUT2D eigenvalue weighted by atomic mass is 9.79. The third-order valence-electron chi connectivity index (χ3n) is 4.18. The van der Waals surface area contributed by atoms with E-state index in [-0.39, 0.29) is 28.9 Å². The minimum absolute atomic E-state index is 0.278. The Morgan fingerprint density at radius 1 is 0.923 bits per heavy atom. The molecule has 0 heterocycles. The fourth-order valence-electron chi connectivity index (χ4n) is 2.44. The van der Waals surface area contributed by atoms with E-state index in [0.29, 0.717) is 12.0 Å². The molecular weight excluding hydrogens is 328 g/mol. The summed E-state index contributed by atoms with van der Waals surface area (Å²) < 4.78 is 11.5. The zero-order valence-corrected chi connectivity index (χ0v) is 17.0. The second-order valence-corrected chi connectivity index (χ2v) is 8.65. The number of benzene rings is 1. The van der Waals surface area contributed by atoms with E-state index in [1.807, 2.05) is 47.6 Å². The number of esters is 2. The third kappa shape index (κ3) is 7.03. The Kier molecular flexibility index (Phi) is 7.61. The van der Waals surface area contributed by atoms with Crippen molar-refractivity contribution in [1.82, 2.24) is 0 Å². The molecule has 144 valence electrons. The molecule has 0 saturated heterocycles. The first-order valence-electron chi connectivity index (χ1n) is 9.04. The quantitative estimate of drug-likeness (QED) is 0.518. The van der Waals surface area contributed by atoms with Crippen molar-refractivity contribution < 1.29 is 19.1 Å². The Balaban J connectivity index is 2.99. The molecule has 1 aromatic rings. The molecule has 0 amide bonds. The van der Waals surface area contributed by atoms with E-state index in [4.69, 9.17) is 9.47 Å². The fraction of sp³-hybridized carbons (Fsp3) is 0.545. The van der Waals surface area contributed by atoms with Gasteiger partial charge in [0.1, 0.15) is 12.2 Å². The molecule has 0 aliphatic carbocycles. The summed E-state index contributed by atoms with van der Waals surface area (Å²) in [6.45, 7) is 13.9. The molecule has 0 radical (unpaired) electrons. The van der Waals surface area contributed by atoms with Gasteiger partial charge in [-0.2, -0.15) is 0 Å². The van der Waals surface area contributed by atoms with Gasteiger partial charge in [0.25, 0.3) is 0 Å². The number of carbonyl (C=O) groups excluding carboxylic acids is 2. The molecule has 0 saturated carbocycles. The maximum Gasteiger partial charge on any atom is 0.338 e. The van der Waals surface area contributed by atoms with Crippen LogP contribution < -0.4 is 0 Å². The van der Waals surface area contributed by atoms with E-state index >= 15 is 0 Å². The van der Waals surface area contributed by atoms with Crippen LogP contribution in [-0.2, 0) is 14.3 Å². The number of rotatable bonds is 6. The van der Waals surface area contributed by atoms with Gasteiger partial charge in [-0.3, -0.25) is 0 Å². The Morgan fingerprint density at radius 2 is 1.42 bits per heavy atom. The van der Waals surface area contributed by atoms with E-state index in [9.17, 15) is 9.59 Å². The monoisotopic (exact) mass is 360 g/mol. The van der Waals surface area contributed by atoms with E-state index in [1.54, 1.807) is 37.3 Å². The lowest BCUT2D eigenvalue weighted by molar-refractivity contribution is -0.152. The van der Waals surface area contributed by atoms with Crippen molar-refractivity contribution in [3.8, 4) is 0 Å². The normalized spacial score (nSPS) is 14.7. The molecule has 4 nitrogen and oxygen atoms in total. The maximum atomic E-state index is 12.5. The first kappa shape index (κ1) is 21.9. The molecule has 0 N–H and O–H groups in total. The van der Waals surface area contributed by atoms with Crippen LogP contribution in [0, 0.1) is 10.8 Å². The standard InChI is InChI=1S/C22H32O4/c1-8-12-19(23)25-17(21(2,3)4)15-18(22(5,6)7)26-20(24)16-13-10-9-11-14-16/h8-14,17-18H,15H2,1-7H3/b12-8+/t17-,18+/m0/s1. The van der Waals surface area contributed by atoms with Crippen LogP contribution in [-0.4, -0.2) is 24.1 Å². The number of allylic oxidation sites excluding steroid dienone is 1. The molecule has 0 aliphatic rings. The highest BCUT2D eigenvalue weighted by molar-refractivity contribution is 5.89. The van der Waals surface area contributed by atoms with E-state index in [0.717, 1.165) is 0 Å². The lowest BCUT2D eigenvalue weighted by Crippen LogP contribution is -2.41. The number of hydrogen-bond acceptors (Lipinski definition) is 4. The Morgan fingerprint density at radius 3 is 1.88 bits per heavy atom. The van der Waals surface area contributed by atoms with Gasteiger partial charge < -0.3 is 9.47 Å². The smallest absolute Gasteiger partial charge is 0.338 e. The second kappa shape index (κ2) is 9.02. The van der Waals surface area contributed by atoms with Gasteiger partial charge >= 0.3 is 11.9 Å². The van der Waals surface area contributed by atoms with Crippen molar-refractivity contribution in [1.29, 1.82) is 0 Å². The molecule has 0 bridgehead atoms. The van der Waals surface area contributed by atoms with Crippen molar-refractivity contribution in [3.63, 3.8) is 0 Å². The van der Waals surface area contributed by atoms with Crippen LogP contribution in [0.4, 0.5) is 0 Å². The minimum Gasteiger partial charge on any atom is -0.459 e. The van der Waals surface area contributed by atoms with Crippen molar-refractivity contribution in [2.24, 2.45) is 10.8 Å². The largest absolute Gasteiger partial charge is 0.459 e. The number of hydrogen-bond donors (Lipinski definition) is 0. The molecule has 0 aromatic heterocycles. The lowest BCUT2D eigenvalue weighted by Gasteiger charge is -2.37. The van der Waals surface area contributed by atoms with Gasteiger partial charge in [-0.15, -0.1) is 0 Å². The third-order valence-corrected chi connectivity index (χ3v) is 4.18. The van der Waals surface area contributed by atoms with Crippen LogP contribution >= 0.6 is 0 Å². The molecule has 0 aliphatic heterocycles. The fourth-order valence-corrected chi connectivity index (χ4v) is 2.44. The summed E-state index contributed by atoms with van der Waals surface area (Å²) in [5.74, 6) is -0.743. The SMILES string of the molecule is C/C=C/C(=O)O[C@@H](C[C@@H](OC(=O)c1ccccc1)C(C)(C)C)C(C)(C)C. The van der Waals surface area contributed by atoms with Crippen molar-refractivity contribution in [2.75, 3.05) is 0 Å². The Bertz CT molecular complexity index is 618. The first-order chi connectivity index (χ1) is 11.9. The summed E-state index contributed by atoms with van der Waals surface area (Å²) >= 11 is 0. The molecule has 0 fully saturated rings. The topological polar surface area (TPSA) is 52.6 Å². The highest BCUT2D eigenvalue weighted by atomic mass is 16.6. The molecule has 1 aromatic carbocycles. The van der Waals surface area contributed by atoms with Crippen LogP contribution in [0.2, 0.25) is 0 Å². The average molecular weight is 360 g/mol. The molecule has 0 unspecified atom stereocenters. The summed E-state index contributed by atoms with van der Waals surface area (Å²) in [6.07, 6.45) is 2.73. The van der Waals surface area contributed by atoms with Gasteiger partial charge in [0, 0.05) is 12.5 Å². The van der Waals surface area contributed by atoms with Crippen molar-refractivity contribution >= 4 is 11.9 Å². The first-order valence-corrected chi connectivity index (χ1v) is 9.04. The average Bonchev–Trinajstić information content (AvgIpc) is 2.52. The van der Waals surface area contributed by atoms with Crippen LogP contribution in [0.25, 0.3) is 0 Å². The van der Waals surface area contributed by atoms with Gasteiger partial charge in [0.2, 0.25) is 0 Å². The van der Waals surface area contributed by atoms with Gasteiger partial charge in [-0.1, -0.05) is 65.8 Å². The summed E-state index contributed by atoms with van der Waals surface area (Å²) in [5.41, 5.74) is -0.0548. The van der Waals surface area contributed by atoms with Crippen LogP contribution in [0.5, 0.6) is 0 Å². The van der Waals surface area contributed by atoms with Crippen molar-refractivity contribution in [2.45, 2.75) is 67.1 Å². The van der Waals surface area contributed by atoms with Gasteiger partial charge in [0.05, 0.1) is 5.56 Å². The summed E-state index contributed by atoms with van der Waals surface area (Å²) in [6, 6.07) is 8.93. The zero-order valence-electron chi connectivity index (χ0n) is 17.0. The maximum absolute atomic E-state index is 12.5. The minimum atomic E-state index is -0.391. The van der Waals surface area contributed by atoms with E-state index in [2.05, 4.69) is 0 Å². The summed E-state index contributed by atoms with van der Waals surface area (Å²) in [4.78, 5) is 24.5. The molecule has 26 heavy (non-hydrogen) atoms. The summed E-state index contributed by atoms with van der Waals surface area (Å²) in [5, 5.41) is 0. The zero-order chi connectivity index (χ0) is 20.0. The second-order valence-electron chi connectivity index (χ2n) is 8.65. The van der Waals surface area contributed by atoms with Gasteiger partial charge in [-0.25, -0.2) is 9.59 Å². The highest BCUT2D eigenvalue weighted by Crippen LogP contribution is 2.33. The molecule has 2 atom stereocenters. The predicted octanol–water partition coefficient (Wildman–Crippen LogP) is 5.18. The molecule has 4 heteroatoms. The van der Waals surface area contributed by atoms with Crippen molar-refractivity contribution in [3.05, 3.63) is 48.0 Å². The highest BCUT2D eigenvalue weighted by Gasteiger charge is 2.37. The molecular formula is C22H32O4. The Hall–Kier alpha value is -2.10. The van der Waals surface area contributed by atoms with Crippen LogP contribution in [0.3, 0.4) is 0 Å². The van der Waals surface area contributed by atoms with Gasteiger partial charge in [-0.05, 0) is 29.9 Å². The summed E-state index contributed by atoms with van der Waals surface area (Å²) in [7, 11) is 0. The van der Waals surface area contributed by atoms with Crippen LogP contribution in [0.1, 0.15) is 65.2 Å². The molecule has 0 spiro atoms. The predicted molar refractivity (Wildman–Crippen MR) is 104 cm³/mol. The van der Waals surface area contributed by atoms with Gasteiger partial charge in [0.15, 0.2) is 0 Å². The molecule has 1 rings (SSSR count). The van der Waals surface area contributed by atoms with E-state index in [1.165, 1.54) is 6.08 Å². The Labute approximate surface area is 157 Å². The van der Waals surface area contributed by atoms with E-state index < -0.39 is 6.10 Å².